The third-order valence-corrected chi connectivity index (χ3v) is 4.78. The van der Waals surface area contributed by atoms with E-state index >= 15 is 0 Å². The third kappa shape index (κ3) is 4.01. The van der Waals surface area contributed by atoms with Crippen molar-refractivity contribution in [2.24, 2.45) is 0 Å². The van der Waals surface area contributed by atoms with Crippen LogP contribution in [0, 0.1) is 0 Å². The van der Waals surface area contributed by atoms with E-state index in [4.69, 9.17) is 0 Å². The summed E-state index contributed by atoms with van der Waals surface area (Å²) < 4.78 is 2.86. The second-order valence-corrected chi connectivity index (χ2v) is 6.69. The molecule has 1 aliphatic rings. The summed E-state index contributed by atoms with van der Waals surface area (Å²) in [5.74, 6) is -0.430. The number of aromatic amines is 1. The van der Waals surface area contributed by atoms with Gasteiger partial charge < -0.3 is 15.5 Å². The predicted octanol–water partition coefficient (Wildman–Crippen LogP) is -1.00. The number of nitrogens with zero attached hydrogens (tertiary/aromatic N) is 3. The van der Waals surface area contributed by atoms with Gasteiger partial charge in [-0.3, -0.25) is 23.8 Å². The molecule has 1 saturated carbocycles. The van der Waals surface area contributed by atoms with E-state index in [0.717, 1.165) is 6.42 Å². The lowest BCUT2D eigenvalue weighted by atomic mass is 9.85. The smallest absolute Gasteiger partial charge is 0.328 e. The Kier molecular flexibility index (Phi) is 5.57. The number of H-pyrrole nitrogens is 1. The van der Waals surface area contributed by atoms with Gasteiger partial charge in [0.25, 0.3) is 11.5 Å². The lowest BCUT2D eigenvalue weighted by Crippen LogP contribution is -2.55. The number of aliphatic hydroxyl groups excluding tert-OH is 2. The van der Waals surface area contributed by atoms with Gasteiger partial charge in [-0.25, -0.2) is 4.79 Å². The molecule has 27 heavy (non-hydrogen) atoms. The van der Waals surface area contributed by atoms with Gasteiger partial charge in [-0.05, 0) is 25.3 Å². The number of aliphatic hydroxyl groups is 2. The topological polar surface area (TPSA) is 142 Å². The largest absolute Gasteiger partial charge is 0.388 e. The van der Waals surface area contributed by atoms with E-state index in [9.17, 15) is 24.6 Å². The summed E-state index contributed by atoms with van der Waals surface area (Å²) in [4.78, 5) is 37.6. The second kappa shape index (κ2) is 7.89. The molecule has 2 heterocycles. The molecule has 0 unspecified atom stereocenters. The molecule has 1 fully saturated rings. The first-order valence-corrected chi connectivity index (χ1v) is 8.92. The van der Waals surface area contributed by atoms with Crippen molar-refractivity contribution >= 4 is 5.91 Å². The van der Waals surface area contributed by atoms with E-state index in [1.54, 1.807) is 16.9 Å². The summed E-state index contributed by atoms with van der Waals surface area (Å²) in [5.41, 5.74) is -0.943. The number of carbonyl (C=O) groups is 1. The number of nitrogens with one attached hydrogen (secondary N) is 2. The van der Waals surface area contributed by atoms with Gasteiger partial charge >= 0.3 is 5.69 Å². The molecule has 1 aliphatic carbocycles. The van der Waals surface area contributed by atoms with Crippen LogP contribution in [0.2, 0.25) is 0 Å². The predicted molar refractivity (Wildman–Crippen MR) is 95.4 cm³/mol. The highest BCUT2D eigenvalue weighted by Crippen LogP contribution is 2.28. The molecule has 1 amide bonds. The van der Waals surface area contributed by atoms with Crippen LogP contribution in [-0.2, 0) is 6.54 Å². The molecule has 2 aromatic heterocycles. The number of hydrogen-bond acceptors (Lipinski definition) is 6. The summed E-state index contributed by atoms with van der Waals surface area (Å²) in [6.45, 7) is 2.71. The molecule has 10 heteroatoms. The molecule has 0 bridgehead atoms. The summed E-state index contributed by atoms with van der Waals surface area (Å²) >= 11 is 0. The number of aryl methyl sites for hydroxylation is 1. The van der Waals surface area contributed by atoms with Gasteiger partial charge in [0.2, 0.25) is 0 Å². The zero-order chi connectivity index (χ0) is 19.6. The molecule has 3 rings (SSSR count). The monoisotopic (exact) mass is 377 g/mol. The quantitative estimate of drug-likeness (QED) is 0.526. The van der Waals surface area contributed by atoms with Gasteiger partial charge in [-0.2, -0.15) is 5.10 Å². The minimum atomic E-state index is -1.27. The molecule has 2 aromatic rings. The van der Waals surface area contributed by atoms with Crippen LogP contribution < -0.4 is 16.6 Å². The van der Waals surface area contributed by atoms with Crippen LogP contribution in [-0.4, -0.2) is 53.7 Å². The van der Waals surface area contributed by atoms with Crippen molar-refractivity contribution in [2.75, 3.05) is 0 Å². The lowest BCUT2D eigenvalue weighted by molar-refractivity contribution is -0.0570. The Morgan fingerprint density at radius 3 is 2.74 bits per heavy atom. The van der Waals surface area contributed by atoms with Crippen LogP contribution in [0.15, 0.2) is 34.1 Å². The van der Waals surface area contributed by atoms with E-state index < -0.39 is 41.4 Å². The van der Waals surface area contributed by atoms with Gasteiger partial charge in [-0.1, -0.05) is 6.92 Å². The minimum absolute atomic E-state index is 0.240. The Morgan fingerprint density at radius 1 is 1.26 bits per heavy atom. The highest BCUT2D eigenvalue weighted by Gasteiger charge is 2.39. The fourth-order valence-electron chi connectivity index (χ4n) is 3.39. The fourth-order valence-corrected chi connectivity index (χ4v) is 3.39. The van der Waals surface area contributed by atoms with Crippen LogP contribution >= 0.6 is 0 Å². The average molecular weight is 377 g/mol. The summed E-state index contributed by atoms with van der Waals surface area (Å²) in [6, 6.07) is 1.42. The van der Waals surface area contributed by atoms with E-state index in [-0.39, 0.29) is 5.69 Å². The fraction of sp³-hybridized carbons (Fsp3) is 0.529. The molecule has 4 N–H and O–H groups in total. The first-order valence-electron chi connectivity index (χ1n) is 8.92. The van der Waals surface area contributed by atoms with Crippen LogP contribution in [0.4, 0.5) is 0 Å². The normalized spacial score (nSPS) is 25.3. The molecule has 0 radical (unpaired) electrons. The average Bonchev–Trinajstić information content (AvgIpc) is 3.09. The van der Waals surface area contributed by atoms with Gasteiger partial charge in [-0.15, -0.1) is 0 Å². The maximum atomic E-state index is 12.4. The van der Waals surface area contributed by atoms with Crippen molar-refractivity contribution in [2.45, 2.75) is 57.0 Å². The molecule has 0 aliphatic heterocycles. The lowest BCUT2D eigenvalue weighted by Gasteiger charge is -2.38. The van der Waals surface area contributed by atoms with Crippen molar-refractivity contribution in [3.8, 4) is 0 Å². The molecule has 0 saturated heterocycles. The Hall–Kier alpha value is -2.72. The van der Waals surface area contributed by atoms with Gasteiger partial charge in [0.15, 0.2) is 0 Å². The maximum absolute atomic E-state index is 12.4. The van der Waals surface area contributed by atoms with Crippen molar-refractivity contribution < 1.29 is 15.0 Å². The van der Waals surface area contributed by atoms with E-state index in [0.29, 0.717) is 19.4 Å². The standard InChI is InChI=1S/C17H23N5O5/c1-2-7-21-8-5-11(20-21)16(26)18-10-3-4-12(15(25)14(10)24)22-9-6-13(23)19-17(22)27/h5-6,8-10,12,14-15,24-25H,2-4,7H2,1H3,(H,18,26)(H,19,23,27)/t10-,12-,14-,15-/m1/s1. The number of carbonyl (C=O) groups excluding carboxylic acids is 1. The van der Waals surface area contributed by atoms with E-state index in [1.807, 2.05) is 6.92 Å². The molecular weight excluding hydrogens is 354 g/mol. The van der Waals surface area contributed by atoms with E-state index in [2.05, 4.69) is 15.4 Å². The Labute approximate surface area is 154 Å². The molecule has 10 nitrogen and oxygen atoms in total. The van der Waals surface area contributed by atoms with Gasteiger partial charge in [0.05, 0.1) is 12.1 Å². The Morgan fingerprint density at radius 2 is 2.04 bits per heavy atom. The van der Waals surface area contributed by atoms with Crippen molar-refractivity contribution in [3.05, 3.63) is 51.1 Å². The van der Waals surface area contributed by atoms with Crippen molar-refractivity contribution in [3.63, 3.8) is 0 Å². The van der Waals surface area contributed by atoms with Gasteiger partial charge in [0, 0.05) is 25.0 Å². The highest BCUT2D eigenvalue weighted by molar-refractivity contribution is 5.92. The summed E-state index contributed by atoms with van der Waals surface area (Å²) in [6.07, 6.45) is 2.07. The molecule has 0 aromatic carbocycles. The highest BCUT2D eigenvalue weighted by atomic mass is 16.3. The Bertz CT molecular complexity index is 917. The SMILES string of the molecule is CCCn1ccc(C(=O)N[C@@H]2CC[C@@H](n3ccc(=O)[nH]c3=O)[C@@H](O)[C@@H]2O)n1. The van der Waals surface area contributed by atoms with Crippen LogP contribution in [0.3, 0.4) is 0 Å². The molecule has 146 valence electrons. The number of amides is 1. The third-order valence-electron chi connectivity index (χ3n) is 4.78. The first kappa shape index (κ1) is 19.1. The zero-order valence-electron chi connectivity index (χ0n) is 14.9. The summed E-state index contributed by atoms with van der Waals surface area (Å²) in [5, 5.41) is 27.7. The molecule has 0 spiro atoms. The van der Waals surface area contributed by atoms with Crippen LogP contribution in [0.5, 0.6) is 0 Å². The second-order valence-electron chi connectivity index (χ2n) is 6.69. The van der Waals surface area contributed by atoms with Crippen LogP contribution in [0.25, 0.3) is 0 Å². The van der Waals surface area contributed by atoms with Crippen LogP contribution in [0.1, 0.15) is 42.7 Å². The molecule has 4 atom stereocenters. The minimum Gasteiger partial charge on any atom is -0.388 e. The molecular formula is C17H23N5O5. The zero-order valence-corrected chi connectivity index (χ0v) is 14.9. The number of rotatable bonds is 5. The van der Waals surface area contributed by atoms with Gasteiger partial charge in [0.1, 0.15) is 17.9 Å². The Balaban J connectivity index is 1.68. The summed E-state index contributed by atoms with van der Waals surface area (Å²) in [7, 11) is 0. The number of aromatic nitrogens is 4. The maximum Gasteiger partial charge on any atom is 0.328 e. The first-order chi connectivity index (χ1) is 12.9. The van der Waals surface area contributed by atoms with Crippen molar-refractivity contribution in [1.29, 1.82) is 0 Å². The number of hydrogen-bond donors (Lipinski definition) is 4. The van der Waals surface area contributed by atoms with Crippen molar-refractivity contribution in [1.82, 2.24) is 24.6 Å². The van der Waals surface area contributed by atoms with E-state index in [1.165, 1.54) is 16.8 Å².